The van der Waals surface area contributed by atoms with Gasteiger partial charge in [-0.1, -0.05) is 34.6 Å². The van der Waals surface area contributed by atoms with Crippen molar-refractivity contribution >= 4 is 23.2 Å². The number of nitrogens with zero attached hydrogens (tertiary/aromatic N) is 2. The quantitative estimate of drug-likeness (QED) is 0.816. The van der Waals surface area contributed by atoms with Crippen LogP contribution in [0.5, 0.6) is 0 Å². The molecule has 0 fully saturated rings. The fraction of sp³-hybridized carbons (Fsp3) is 0.667. The lowest BCUT2D eigenvalue weighted by molar-refractivity contribution is 0.280. The van der Waals surface area contributed by atoms with Crippen LogP contribution in [0.25, 0.3) is 0 Å². The second-order valence-corrected chi connectivity index (χ2v) is 6.02. The minimum absolute atomic E-state index is 0.125. The number of rotatable bonds is 3. The minimum atomic E-state index is 0.125. The number of nitrogen functional groups attached to an aromatic ring is 1. The summed E-state index contributed by atoms with van der Waals surface area (Å²) in [6.45, 7) is 10.9. The lowest BCUT2D eigenvalue weighted by Gasteiger charge is -2.35. The molecule has 17 heavy (non-hydrogen) atoms. The van der Waals surface area contributed by atoms with E-state index >= 15 is 0 Å². The van der Waals surface area contributed by atoms with Gasteiger partial charge in [-0.3, -0.25) is 0 Å². The average molecular weight is 257 g/mol. The summed E-state index contributed by atoms with van der Waals surface area (Å²) in [6, 6.07) is 1.99. The van der Waals surface area contributed by atoms with Gasteiger partial charge >= 0.3 is 0 Å². The number of nitrogens with two attached hydrogens (primary N) is 1. The molecule has 0 aliphatic carbocycles. The molecule has 0 spiro atoms. The summed E-state index contributed by atoms with van der Waals surface area (Å²) in [6.07, 6.45) is 0. The summed E-state index contributed by atoms with van der Waals surface area (Å²) in [5, 5.41) is 3.55. The van der Waals surface area contributed by atoms with E-state index in [-0.39, 0.29) is 16.7 Å². The molecule has 0 amide bonds. The first kappa shape index (κ1) is 14.0. The van der Waals surface area contributed by atoms with Gasteiger partial charge in [-0.25, -0.2) is 9.97 Å². The van der Waals surface area contributed by atoms with E-state index < -0.39 is 0 Å². The number of aromatic nitrogens is 2. The van der Waals surface area contributed by atoms with E-state index in [1.807, 2.05) is 0 Å². The predicted octanol–water partition coefficient (Wildman–Crippen LogP) is 3.19. The molecule has 1 heterocycles. The van der Waals surface area contributed by atoms with Crippen LogP contribution < -0.4 is 11.1 Å². The van der Waals surface area contributed by atoms with E-state index in [2.05, 4.69) is 49.9 Å². The Balaban J connectivity index is 2.94. The summed E-state index contributed by atoms with van der Waals surface area (Å²) in [4.78, 5) is 7.97. The molecular weight excluding hydrogens is 236 g/mol. The minimum Gasteiger partial charge on any atom is -0.383 e. The van der Waals surface area contributed by atoms with Crippen molar-refractivity contribution in [2.45, 2.75) is 40.7 Å². The van der Waals surface area contributed by atoms with Gasteiger partial charge in [-0.2, -0.15) is 0 Å². The van der Waals surface area contributed by atoms with Crippen molar-refractivity contribution in [2.75, 3.05) is 11.1 Å². The molecule has 3 N–H and O–H groups in total. The van der Waals surface area contributed by atoms with E-state index in [0.717, 1.165) is 0 Å². The van der Waals surface area contributed by atoms with Crippen LogP contribution in [0.4, 0.5) is 11.6 Å². The molecule has 1 aromatic rings. The van der Waals surface area contributed by atoms with Gasteiger partial charge in [0.15, 0.2) is 0 Å². The predicted molar refractivity (Wildman–Crippen MR) is 73.2 cm³/mol. The number of halogens is 1. The first-order valence-electron chi connectivity index (χ1n) is 5.76. The fourth-order valence-corrected chi connectivity index (χ4v) is 2.24. The van der Waals surface area contributed by atoms with E-state index in [1.165, 1.54) is 0 Å². The molecule has 0 bridgehead atoms. The van der Waals surface area contributed by atoms with E-state index in [0.29, 0.717) is 17.6 Å². The van der Waals surface area contributed by atoms with Crippen LogP contribution in [0.15, 0.2) is 6.07 Å². The van der Waals surface area contributed by atoms with Crippen LogP contribution in [0, 0.1) is 11.3 Å². The first-order valence-corrected chi connectivity index (χ1v) is 6.14. The topological polar surface area (TPSA) is 63.8 Å². The van der Waals surface area contributed by atoms with Crippen molar-refractivity contribution < 1.29 is 0 Å². The molecule has 4 nitrogen and oxygen atoms in total. The third-order valence-electron chi connectivity index (χ3n) is 2.62. The molecule has 0 radical (unpaired) electrons. The molecule has 1 unspecified atom stereocenters. The Bertz CT molecular complexity index is 364. The smallest absolute Gasteiger partial charge is 0.226 e. The molecule has 96 valence electrons. The van der Waals surface area contributed by atoms with Gasteiger partial charge in [0.2, 0.25) is 5.28 Å². The lowest BCUT2D eigenvalue weighted by Crippen LogP contribution is -2.38. The molecule has 0 aromatic carbocycles. The first-order chi connectivity index (χ1) is 7.70. The number of nitrogens with one attached hydrogen (secondary N) is 1. The van der Waals surface area contributed by atoms with Crippen LogP contribution in [-0.4, -0.2) is 16.0 Å². The molecule has 1 aromatic heterocycles. The highest BCUT2D eigenvalue weighted by Crippen LogP contribution is 2.28. The van der Waals surface area contributed by atoms with Crippen molar-refractivity contribution in [3.63, 3.8) is 0 Å². The summed E-state index contributed by atoms with van der Waals surface area (Å²) < 4.78 is 0. The Morgan fingerprint density at radius 1 is 1.29 bits per heavy atom. The Morgan fingerprint density at radius 3 is 2.29 bits per heavy atom. The van der Waals surface area contributed by atoms with E-state index in [4.69, 9.17) is 17.3 Å². The van der Waals surface area contributed by atoms with Crippen molar-refractivity contribution in [1.82, 2.24) is 9.97 Å². The highest BCUT2D eigenvalue weighted by molar-refractivity contribution is 6.28. The lowest BCUT2D eigenvalue weighted by atomic mass is 9.80. The summed E-state index contributed by atoms with van der Waals surface area (Å²) in [7, 11) is 0. The highest BCUT2D eigenvalue weighted by atomic mass is 35.5. The second-order valence-electron chi connectivity index (χ2n) is 5.68. The normalized spacial score (nSPS) is 13.8. The van der Waals surface area contributed by atoms with Crippen LogP contribution in [0.1, 0.15) is 34.6 Å². The van der Waals surface area contributed by atoms with Crippen molar-refractivity contribution in [3.05, 3.63) is 11.3 Å². The molecule has 0 aliphatic heterocycles. The average Bonchev–Trinajstić information content (AvgIpc) is 2.10. The number of anilines is 2. The van der Waals surface area contributed by atoms with Crippen LogP contribution in [0.2, 0.25) is 5.28 Å². The van der Waals surface area contributed by atoms with E-state index in [9.17, 15) is 0 Å². The molecular formula is C12H21ClN4. The largest absolute Gasteiger partial charge is 0.383 e. The maximum Gasteiger partial charge on any atom is 0.226 e. The Labute approximate surface area is 108 Å². The van der Waals surface area contributed by atoms with Gasteiger partial charge in [-0.15, -0.1) is 0 Å². The monoisotopic (exact) mass is 256 g/mol. The van der Waals surface area contributed by atoms with Crippen LogP contribution in [-0.2, 0) is 0 Å². The third kappa shape index (κ3) is 4.04. The zero-order valence-corrected chi connectivity index (χ0v) is 11.8. The van der Waals surface area contributed by atoms with Gasteiger partial charge in [-0.05, 0) is 22.9 Å². The maximum atomic E-state index is 5.79. The zero-order chi connectivity index (χ0) is 13.2. The molecule has 1 rings (SSSR count). The molecule has 5 heteroatoms. The summed E-state index contributed by atoms with van der Waals surface area (Å²) >= 11 is 5.79. The van der Waals surface area contributed by atoms with E-state index in [1.54, 1.807) is 6.07 Å². The Kier molecular flexibility index (Phi) is 4.20. The van der Waals surface area contributed by atoms with Crippen molar-refractivity contribution in [1.29, 1.82) is 0 Å². The number of hydrogen-bond acceptors (Lipinski definition) is 4. The highest BCUT2D eigenvalue weighted by Gasteiger charge is 2.27. The molecule has 0 saturated carbocycles. The van der Waals surface area contributed by atoms with Crippen molar-refractivity contribution in [2.24, 2.45) is 11.3 Å². The zero-order valence-electron chi connectivity index (χ0n) is 11.1. The fourth-order valence-electron chi connectivity index (χ4n) is 2.05. The second kappa shape index (κ2) is 5.08. The van der Waals surface area contributed by atoms with Crippen LogP contribution in [0.3, 0.4) is 0 Å². The summed E-state index contributed by atoms with van der Waals surface area (Å²) in [5.74, 6) is 1.53. The van der Waals surface area contributed by atoms with Gasteiger partial charge in [0.1, 0.15) is 11.6 Å². The standard InChI is InChI=1S/C12H21ClN4/c1-7(2)10(12(3,4)5)16-9-6-8(14)15-11(13)17-9/h6-7,10H,1-5H3,(H3,14,15,16,17). The third-order valence-corrected chi connectivity index (χ3v) is 2.79. The van der Waals surface area contributed by atoms with Gasteiger partial charge < -0.3 is 11.1 Å². The maximum absolute atomic E-state index is 5.79. The van der Waals surface area contributed by atoms with Crippen molar-refractivity contribution in [3.8, 4) is 0 Å². The number of hydrogen-bond donors (Lipinski definition) is 2. The molecule has 0 saturated heterocycles. The molecule has 1 atom stereocenters. The van der Waals surface area contributed by atoms with Gasteiger partial charge in [0.25, 0.3) is 0 Å². The van der Waals surface area contributed by atoms with Gasteiger partial charge in [0.05, 0.1) is 0 Å². The Hall–Kier alpha value is -1.03. The Morgan fingerprint density at radius 2 is 1.88 bits per heavy atom. The van der Waals surface area contributed by atoms with Gasteiger partial charge in [0, 0.05) is 12.1 Å². The van der Waals surface area contributed by atoms with Crippen LogP contribution >= 0.6 is 11.6 Å². The summed E-state index contributed by atoms with van der Waals surface area (Å²) in [5.41, 5.74) is 5.77. The molecule has 0 aliphatic rings. The SMILES string of the molecule is CC(C)C(Nc1cc(N)nc(Cl)n1)C(C)(C)C.